The lowest BCUT2D eigenvalue weighted by Gasteiger charge is -2.26. The van der Waals surface area contributed by atoms with Crippen LogP contribution in [0.15, 0.2) is 24.3 Å². The van der Waals surface area contributed by atoms with Crippen molar-refractivity contribution in [1.29, 1.82) is 0 Å². The van der Waals surface area contributed by atoms with Gasteiger partial charge in [0.15, 0.2) is 0 Å². The monoisotopic (exact) mass is 341 g/mol. The van der Waals surface area contributed by atoms with Crippen LogP contribution in [-0.2, 0) is 0 Å². The number of rotatable bonds is 6. The van der Waals surface area contributed by atoms with Crippen LogP contribution in [0.3, 0.4) is 0 Å². The molecule has 25 heavy (non-hydrogen) atoms. The second kappa shape index (κ2) is 8.09. The molecule has 1 aliphatic heterocycles. The fourth-order valence-electron chi connectivity index (χ4n) is 3.76. The molecule has 0 unspecified atom stereocenters. The summed E-state index contributed by atoms with van der Waals surface area (Å²) in [5.41, 5.74) is 2.12. The molecule has 3 nitrogen and oxygen atoms in total. The Morgan fingerprint density at radius 3 is 2.60 bits per heavy atom. The van der Waals surface area contributed by atoms with E-state index in [1.807, 2.05) is 6.07 Å². The highest BCUT2D eigenvalue weighted by atomic mass is 16.5. The number of phenols is 1. The number of hydrogen-bond acceptors (Lipinski definition) is 3. The van der Waals surface area contributed by atoms with Crippen LogP contribution in [0.5, 0.6) is 11.5 Å². The zero-order chi connectivity index (χ0) is 17.8. The molecule has 3 heteroatoms. The van der Waals surface area contributed by atoms with Gasteiger partial charge in [0.25, 0.3) is 0 Å². The summed E-state index contributed by atoms with van der Waals surface area (Å²) in [4.78, 5) is 2.55. The van der Waals surface area contributed by atoms with Crippen molar-refractivity contribution < 1.29 is 9.84 Å². The van der Waals surface area contributed by atoms with Crippen LogP contribution in [0.2, 0.25) is 0 Å². The number of nitrogens with zero attached hydrogens (tertiary/aromatic N) is 1. The number of ether oxygens (including phenoxy) is 1. The van der Waals surface area contributed by atoms with Crippen molar-refractivity contribution in [3.8, 4) is 11.5 Å². The molecule has 1 heterocycles. The van der Waals surface area contributed by atoms with Crippen LogP contribution < -0.4 is 4.74 Å². The quantitative estimate of drug-likeness (QED) is 0.730. The number of piperidine rings is 1. The van der Waals surface area contributed by atoms with Gasteiger partial charge in [-0.25, -0.2) is 0 Å². The van der Waals surface area contributed by atoms with Gasteiger partial charge in [0.2, 0.25) is 0 Å². The standard InChI is InChI=1S/C22H31NO2/c1-16(2)19-14-18-9-8-17(3)22(20(18)15-21(19)24)25-13-7-12-23-10-5-4-6-11-23/h8-9,14-16,24H,4-7,10-13H2,1-3H3. The van der Waals surface area contributed by atoms with E-state index < -0.39 is 0 Å². The van der Waals surface area contributed by atoms with Crippen molar-refractivity contribution in [2.75, 3.05) is 26.2 Å². The lowest BCUT2D eigenvalue weighted by molar-refractivity contribution is 0.205. The highest BCUT2D eigenvalue weighted by molar-refractivity contribution is 5.91. The minimum Gasteiger partial charge on any atom is -0.508 e. The molecule has 0 aromatic heterocycles. The lowest BCUT2D eigenvalue weighted by atomic mass is 9.96. The van der Waals surface area contributed by atoms with Crippen molar-refractivity contribution in [1.82, 2.24) is 4.90 Å². The Hall–Kier alpha value is -1.74. The summed E-state index contributed by atoms with van der Waals surface area (Å²) in [6.45, 7) is 10.6. The van der Waals surface area contributed by atoms with E-state index in [1.54, 1.807) is 0 Å². The number of aryl methyl sites for hydroxylation is 1. The summed E-state index contributed by atoms with van der Waals surface area (Å²) in [6.07, 6.45) is 5.09. The zero-order valence-corrected chi connectivity index (χ0v) is 15.8. The van der Waals surface area contributed by atoms with Crippen molar-refractivity contribution >= 4 is 10.8 Å². The first kappa shape index (κ1) is 18.1. The molecule has 1 saturated heterocycles. The minimum absolute atomic E-state index is 0.305. The third kappa shape index (κ3) is 4.27. The fourth-order valence-corrected chi connectivity index (χ4v) is 3.76. The summed E-state index contributed by atoms with van der Waals surface area (Å²) >= 11 is 0. The van der Waals surface area contributed by atoms with Gasteiger partial charge in [0.1, 0.15) is 11.5 Å². The van der Waals surface area contributed by atoms with E-state index in [0.29, 0.717) is 11.7 Å². The molecular weight excluding hydrogens is 310 g/mol. The molecule has 136 valence electrons. The first-order chi connectivity index (χ1) is 12.1. The van der Waals surface area contributed by atoms with Crippen molar-refractivity contribution in [2.45, 2.75) is 52.4 Å². The van der Waals surface area contributed by atoms with E-state index in [0.717, 1.165) is 47.2 Å². The first-order valence-corrected chi connectivity index (χ1v) is 9.67. The van der Waals surface area contributed by atoms with Gasteiger partial charge in [-0.1, -0.05) is 32.4 Å². The first-order valence-electron chi connectivity index (χ1n) is 9.67. The Labute approximate surface area is 151 Å². The topological polar surface area (TPSA) is 32.7 Å². The molecule has 2 aromatic rings. The normalized spacial score (nSPS) is 15.8. The molecule has 0 amide bonds. The minimum atomic E-state index is 0.305. The Bertz CT molecular complexity index is 718. The number of fused-ring (bicyclic) bond motifs is 1. The maximum absolute atomic E-state index is 10.4. The number of aromatic hydroxyl groups is 1. The molecule has 0 spiro atoms. The highest BCUT2D eigenvalue weighted by Gasteiger charge is 2.13. The van der Waals surface area contributed by atoms with Crippen molar-refractivity contribution in [3.63, 3.8) is 0 Å². The highest BCUT2D eigenvalue weighted by Crippen LogP contribution is 2.36. The molecule has 0 radical (unpaired) electrons. The number of hydrogen-bond donors (Lipinski definition) is 1. The number of benzene rings is 2. The molecule has 0 aliphatic carbocycles. The van der Waals surface area contributed by atoms with Crippen molar-refractivity contribution in [2.24, 2.45) is 0 Å². The molecule has 1 fully saturated rings. The summed E-state index contributed by atoms with van der Waals surface area (Å²) in [5.74, 6) is 1.59. The molecule has 0 bridgehead atoms. The van der Waals surface area contributed by atoms with Gasteiger partial charge in [-0.05, 0) is 73.8 Å². The van der Waals surface area contributed by atoms with E-state index in [2.05, 4.69) is 43.9 Å². The predicted octanol–water partition coefficient (Wildman–Crippen LogP) is 5.23. The van der Waals surface area contributed by atoms with Gasteiger partial charge in [-0.3, -0.25) is 0 Å². The van der Waals surface area contributed by atoms with Crippen LogP contribution in [0.4, 0.5) is 0 Å². The van der Waals surface area contributed by atoms with E-state index in [4.69, 9.17) is 4.74 Å². The average molecular weight is 341 g/mol. The molecule has 2 aromatic carbocycles. The summed E-state index contributed by atoms with van der Waals surface area (Å²) < 4.78 is 6.16. The average Bonchev–Trinajstić information content (AvgIpc) is 2.60. The van der Waals surface area contributed by atoms with Gasteiger partial charge >= 0.3 is 0 Å². The lowest BCUT2D eigenvalue weighted by Crippen LogP contribution is -2.31. The van der Waals surface area contributed by atoms with E-state index in [1.165, 1.54) is 32.4 Å². The second-order valence-electron chi connectivity index (χ2n) is 7.60. The fraction of sp³-hybridized carbons (Fsp3) is 0.545. The number of likely N-dealkylation sites (tertiary alicyclic amines) is 1. The maximum atomic E-state index is 10.4. The summed E-state index contributed by atoms with van der Waals surface area (Å²) in [5, 5.41) is 12.5. The Morgan fingerprint density at radius 1 is 1.12 bits per heavy atom. The second-order valence-corrected chi connectivity index (χ2v) is 7.60. The van der Waals surface area contributed by atoms with Gasteiger partial charge in [-0.2, -0.15) is 0 Å². The smallest absolute Gasteiger partial charge is 0.130 e. The van der Waals surface area contributed by atoms with E-state index >= 15 is 0 Å². The SMILES string of the molecule is Cc1ccc2cc(C(C)C)c(O)cc2c1OCCCN1CCCCC1. The van der Waals surface area contributed by atoms with Gasteiger partial charge in [0, 0.05) is 11.9 Å². The van der Waals surface area contributed by atoms with Crippen molar-refractivity contribution in [3.05, 3.63) is 35.4 Å². The van der Waals surface area contributed by atoms with Gasteiger partial charge < -0.3 is 14.7 Å². The third-order valence-corrected chi connectivity index (χ3v) is 5.25. The predicted molar refractivity (Wildman–Crippen MR) is 105 cm³/mol. The molecule has 0 atom stereocenters. The molecular formula is C22H31NO2. The Balaban J connectivity index is 1.71. The van der Waals surface area contributed by atoms with Gasteiger partial charge in [-0.15, -0.1) is 0 Å². The van der Waals surface area contributed by atoms with Crippen LogP contribution in [-0.4, -0.2) is 36.2 Å². The zero-order valence-electron chi connectivity index (χ0n) is 15.8. The Morgan fingerprint density at radius 2 is 1.88 bits per heavy atom. The van der Waals surface area contributed by atoms with E-state index in [-0.39, 0.29) is 0 Å². The maximum Gasteiger partial charge on any atom is 0.130 e. The van der Waals surface area contributed by atoms with Crippen LogP contribution in [0, 0.1) is 6.92 Å². The van der Waals surface area contributed by atoms with Crippen LogP contribution in [0.1, 0.15) is 56.6 Å². The summed E-state index contributed by atoms with van der Waals surface area (Å²) in [7, 11) is 0. The molecule has 3 rings (SSSR count). The van der Waals surface area contributed by atoms with E-state index in [9.17, 15) is 5.11 Å². The van der Waals surface area contributed by atoms with Crippen LogP contribution >= 0.6 is 0 Å². The molecule has 0 saturated carbocycles. The summed E-state index contributed by atoms with van der Waals surface area (Å²) in [6, 6.07) is 8.20. The van der Waals surface area contributed by atoms with Gasteiger partial charge in [0.05, 0.1) is 6.61 Å². The number of phenolic OH excluding ortho intramolecular Hbond substituents is 1. The van der Waals surface area contributed by atoms with Crippen LogP contribution in [0.25, 0.3) is 10.8 Å². The Kier molecular flexibility index (Phi) is 5.85. The molecule has 1 aliphatic rings. The third-order valence-electron chi connectivity index (χ3n) is 5.25. The largest absolute Gasteiger partial charge is 0.508 e. The molecule has 1 N–H and O–H groups in total.